The maximum atomic E-state index is 10.4. The van der Waals surface area contributed by atoms with Crippen LogP contribution < -0.4 is 5.73 Å². The lowest BCUT2D eigenvalue weighted by Gasteiger charge is -2.12. The number of hydrogen-bond acceptors (Lipinski definition) is 5. The first-order valence-electron chi connectivity index (χ1n) is 8.05. The van der Waals surface area contributed by atoms with E-state index in [4.69, 9.17) is 17.3 Å². The van der Waals surface area contributed by atoms with Crippen LogP contribution in [0.2, 0.25) is 5.02 Å². The second-order valence-corrected chi connectivity index (χ2v) is 6.61. The molecule has 1 aliphatic rings. The molecule has 0 aromatic carbocycles. The Bertz CT molecular complexity index is 1010. The van der Waals surface area contributed by atoms with Gasteiger partial charge in [-0.25, -0.2) is 9.97 Å². The SMILES string of the molecule is Nc1ncc(Cl)c(-n2ccc3cnc(C#CC4(O)CCCC4)cc32)n1. The summed E-state index contributed by atoms with van der Waals surface area (Å²) in [7, 11) is 0. The summed E-state index contributed by atoms with van der Waals surface area (Å²) in [6, 6.07) is 3.77. The van der Waals surface area contributed by atoms with Crippen molar-refractivity contribution in [2.24, 2.45) is 0 Å². The van der Waals surface area contributed by atoms with Gasteiger partial charge in [-0.05, 0) is 43.7 Å². The van der Waals surface area contributed by atoms with Gasteiger partial charge in [-0.3, -0.25) is 4.57 Å². The van der Waals surface area contributed by atoms with E-state index >= 15 is 0 Å². The molecule has 0 unspecified atom stereocenters. The van der Waals surface area contributed by atoms with E-state index in [9.17, 15) is 5.11 Å². The lowest BCUT2D eigenvalue weighted by molar-refractivity contribution is 0.110. The van der Waals surface area contributed by atoms with Gasteiger partial charge in [0.1, 0.15) is 16.3 Å². The Morgan fingerprint density at radius 2 is 2.04 bits per heavy atom. The molecule has 3 aromatic heterocycles. The van der Waals surface area contributed by atoms with Crippen LogP contribution in [0.5, 0.6) is 0 Å². The molecule has 1 aliphatic carbocycles. The van der Waals surface area contributed by atoms with Crippen LogP contribution >= 0.6 is 11.6 Å². The van der Waals surface area contributed by atoms with E-state index in [1.807, 2.05) is 22.9 Å². The van der Waals surface area contributed by atoms with Gasteiger partial charge in [-0.15, -0.1) is 0 Å². The summed E-state index contributed by atoms with van der Waals surface area (Å²) in [5, 5.41) is 11.7. The summed E-state index contributed by atoms with van der Waals surface area (Å²) in [6.45, 7) is 0. The van der Waals surface area contributed by atoms with E-state index in [1.165, 1.54) is 6.20 Å². The number of nitrogens with zero attached hydrogens (tertiary/aromatic N) is 4. The van der Waals surface area contributed by atoms with Crippen molar-refractivity contribution in [1.82, 2.24) is 19.5 Å². The van der Waals surface area contributed by atoms with Gasteiger partial charge in [0, 0.05) is 17.8 Å². The van der Waals surface area contributed by atoms with Crippen molar-refractivity contribution in [2.75, 3.05) is 5.73 Å². The molecule has 0 aliphatic heterocycles. The minimum atomic E-state index is -0.886. The summed E-state index contributed by atoms with van der Waals surface area (Å²) in [5.74, 6) is 6.63. The maximum Gasteiger partial charge on any atom is 0.222 e. The smallest absolute Gasteiger partial charge is 0.222 e. The van der Waals surface area contributed by atoms with Gasteiger partial charge in [0.2, 0.25) is 5.95 Å². The Labute approximate surface area is 149 Å². The number of rotatable bonds is 1. The number of fused-ring (bicyclic) bond motifs is 1. The number of nitrogen functional groups attached to an aromatic ring is 1. The van der Waals surface area contributed by atoms with Crippen molar-refractivity contribution >= 4 is 28.5 Å². The zero-order chi connectivity index (χ0) is 17.4. The van der Waals surface area contributed by atoms with Crippen molar-refractivity contribution < 1.29 is 5.11 Å². The Kier molecular flexibility index (Phi) is 3.83. The van der Waals surface area contributed by atoms with Gasteiger partial charge in [0.05, 0.1) is 11.7 Å². The van der Waals surface area contributed by atoms with Crippen LogP contribution in [-0.2, 0) is 0 Å². The molecule has 0 saturated heterocycles. The lowest BCUT2D eigenvalue weighted by Crippen LogP contribution is -2.20. The van der Waals surface area contributed by atoms with Gasteiger partial charge in [0.15, 0.2) is 5.82 Å². The average Bonchev–Trinajstić information content (AvgIpc) is 3.22. The molecule has 3 N–H and O–H groups in total. The molecule has 6 nitrogen and oxygen atoms in total. The molecule has 0 bridgehead atoms. The fourth-order valence-corrected chi connectivity index (χ4v) is 3.27. The number of nitrogens with two attached hydrogens (primary N) is 1. The number of aromatic nitrogens is 4. The quantitative estimate of drug-likeness (QED) is 0.656. The third-order valence-electron chi connectivity index (χ3n) is 4.40. The molecule has 4 rings (SSSR count). The van der Waals surface area contributed by atoms with Crippen LogP contribution in [0.15, 0.2) is 30.7 Å². The highest BCUT2D eigenvalue weighted by molar-refractivity contribution is 6.32. The number of aliphatic hydroxyl groups is 1. The first-order chi connectivity index (χ1) is 12.0. The number of hydrogen-bond donors (Lipinski definition) is 2. The van der Waals surface area contributed by atoms with E-state index in [0.29, 0.717) is 29.4 Å². The molecule has 126 valence electrons. The Morgan fingerprint density at radius 3 is 2.84 bits per heavy atom. The molecule has 0 atom stereocenters. The zero-order valence-corrected chi connectivity index (χ0v) is 14.2. The highest BCUT2D eigenvalue weighted by Crippen LogP contribution is 2.29. The predicted octanol–water partition coefficient (Wildman–Crippen LogP) is 2.71. The number of pyridine rings is 1. The predicted molar refractivity (Wildman–Crippen MR) is 96.4 cm³/mol. The molecule has 1 saturated carbocycles. The maximum absolute atomic E-state index is 10.4. The zero-order valence-electron chi connectivity index (χ0n) is 13.4. The standard InChI is InChI=1S/C18H16ClN5O/c19-14-11-22-17(20)23-16(14)24-8-4-12-10-21-13(9-15(12)24)3-7-18(25)5-1-2-6-18/h4,8-11,25H,1-2,5-6H2,(H2,20,22,23). The van der Waals surface area contributed by atoms with E-state index < -0.39 is 5.60 Å². The third kappa shape index (κ3) is 3.04. The molecule has 3 heterocycles. The van der Waals surface area contributed by atoms with Crippen LogP contribution in [0.25, 0.3) is 16.7 Å². The average molecular weight is 354 g/mol. The molecule has 0 radical (unpaired) electrons. The summed E-state index contributed by atoms with van der Waals surface area (Å²) in [4.78, 5) is 12.5. The Balaban J connectivity index is 1.78. The van der Waals surface area contributed by atoms with Crippen LogP contribution in [0, 0.1) is 11.8 Å². The highest BCUT2D eigenvalue weighted by Gasteiger charge is 2.28. The van der Waals surface area contributed by atoms with Crippen LogP contribution in [-0.4, -0.2) is 30.2 Å². The van der Waals surface area contributed by atoms with E-state index in [1.54, 1.807) is 6.20 Å². The van der Waals surface area contributed by atoms with Gasteiger partial charge in [-0.2, -0.15) is 4.98 Å². The largest absolute Gasteiger partial charge is 0.378 e. The minimum Gasteiger partial charge on any atom is -0.378 e. The van der Waals surface area contributed by atoms with Gasteiger partial charge in [0.25, 0.3) is 0 Å². The Hall–Kier alpha value is -2.62. The van der Waals surface area contributed by atoms with Gasteiger partial charge in [-0.1, -0.05) is 17.5 Å². The summed E-state index contributed by atoms with van der Waals surface area (Å²) < 4.78 is 1.83. The van der Waals surface area contributed by atoms with E-state index in [0.717, 1.165) is 23.7 Å². The lowest BCUT2D eigenvalue weighted by atomic mass is 10.0. The summed E-state index contributed by atoms with van der Waals surface area (Å²) >= 11 is 6.22. The molecule has 25 heavy (non-hydrogen) atoms. The van der Waals surface area contributed by atoms with Crippen LogP contribution in [0.3, 0.4) is 0 Å². The third-order valence-corrected chi connectivity index (χ3v) is 4.67. The summed E-state index contributed by atoms with van der Waals surface area (Å²) in [5.41, 5.74) is 6.24. The molecule has 0 spiro atoms. The second kappa shape index (κ2) is 6.03. The van der Waals surface area contributed by atoms with Crippen molar-refractivity contribution in [3.63, 3.8) is 0 Å². The highest BCUT2D eigenvalue weighted by atomic mass is 35.5. The van der Waals surface area contributed by atoms with E-state index in [-0.39, 0.29) is 5.95 Å². The second-order valence-electron chi connectivity index (χ2n) is 6.20. The molecule has 7 heteroatoms. The summed E-state index contributed by atoms with van der Waals surface area (Å²) in [6.07, 6.45) is 8.52. The van der Waals surface area contributed by atoms with E-state index in [2.05, 4.69) is 26.8 Å². The van der Waals surface area contributed by atoms with Crippen molar-refractivity contribution in [2.45, 2.75) is 31.3 Å². The molecule has 0 amide bonds. The normalized spacial score (nSPS) is 15.9. The topological polar surface area (TPSA) is 89.8 Å². The fourth-order valence-electron chi connectivity index (χ4n) is 3.09. The van der Waals surface area contributed by atoms with Gasteiger partial charge >= 0.3 is 0 Å². The molecule has 3 aromatic rings. The monoisotopic (exact) mass is 353 g/mol. The van der Waals surface area contributed by atoms with Gasteiger partial charge < -0.3 is 10.8 Å². The van der Waals surface area contributed by atoms with Crippen molar-refractivity contribution in [1.29, 1.82) is 0 Å². The Morgan fingerprint density at radius 1 is 1.24 bits per heavy atom. The number of halogens is 1. The molecule has 1 fully saturated rings. The molecular formula is C18H16ClN5O. The first-order valence-corrected chi connectivity index (χ1v) is 8.43. The fraction of sp³-hybridized carbons (Fsp3) is 0.278. The van der Waals surface area contributed by atoms with Crippen LogP contribution in [0.4, 0.5) is 5.95 Å². The van der Waals surface area contributed by atoms with Crippen LogP contribution in [0.1, 0.15) is 31.4 Å². The first kappa shape index (κ1) is 15.9. The van der Waals surface area contributed by atoms with Crippen molar-refractivity contribution in [3.05, 3.63) is 41.4 Å². The minimum absolute atomic E-state index is 0.152. The molecular weight excluding hydrogens is 338 g/mol. The number of anilines is 1. The van der Waals surface area contributed by atoms with Crippen molar-refractivity contribution in [3.8, 4) is 17.7 Å².